The molecule has 0 saturated heterocycles. The zero-order chi connectivity index (χ0) is 14.4. The summed E-state index contributed by atoms with van der Waals surface area (Å²) in [5.74, 6) is 0.847. The van der Waals surface area contributed by atoms with E-state index in [0.717, 1.165) is 33.9 Å². The third-order valence-electron chi connectivity index (χ3n) is 2.88. The van der Waals surface area contributed by atoms with Gasteiger partial charge in [0.1, 0.15) is 12.4 Å². The summed E-state index contributed by atoms with van der Waals surface area (Å²) in [6.45, 7) is 4.46. The molecule has 0 unspecified atom stereocenters. The van der Waals surface area contributed by atoms with E-state index in [2.05, 4.69) is 40.3 Å². The zero-order valence-corrected chi connectivity index (χ0v) is 14.9. The first-order chi connectivity index (χ1) is 9.69. The molecule has 114 valence electrons. The Morgan fingerprint density at radius 3 is 2.38 bits per heavy atom. The van der Waals surface area contributed by atoms with Crippen LogP contribution in [-0.2, 0) is 13.2 Å². The van der Waals surface area contributed by atoms with Crippen LogP contribution in [0.3, 0.4) is 0 Å². The van der Waals surface area contributed by atoms with Gasteiger partial charge in [-0.05, 0) is 57.9 Å². The van der Waals surface area contributed by atoms with E-state index in [-0.39, 0.29) is 12.4 Å². The van der Waals surface area contributed by atoms with Gasteiger partial charge in [-0.3, -0.25) is 0 Å². The van der Waals surface area contributed by atoms with E-state index in [9.17, 15) is 0 Å². The summed E-state index contributed by atoms with van der Waals surface area (Å²) in [6, 6.07) is 13.8. The number of nitrogens with one attached hydrogen (secondary N) is 1. The van der Waals surface area contributed by atoms with Crippen molar-refractivity contribution in [2.75, 3.05) is 6.54 Å². The van der Waals surface area contributed by atoms with Crippen LogP contribution in [0.1, 0.15) is 18.1 Å². The summed E-state index contributed by atoms with van der Waals surface area (Å²) in [6.07, 6.45) is 0. The average Bonchev–Trinajstić information content (AvgIpc) is 2.46. The maximum Gasteiger partial charge on any atom is 0.134 e. The van der Waals surface area contributed by atoms with Gasteiger partial charge in [-0.2, -0.15) is 0 Å². The van der Waals surface area contributed by atoms with Crippen molar-refractivity contribution in [2.24, 2.45) is 0 Å². The van der Waals surface area contributed by atoms with E-state index in [1.165, 1.54) is 5.56 Å². The van der Waals surface area contributed by atoms with Crippen LogP contribution in [0, 0.1) is 0 Å². The quantitative estimate of drug-likeness (QED) is 0.730. The Balaban J connectivity index is 0.00000220. The molecule has 21 heavy (non-hydrogen) atoms. The largest absolute Gasteiger partial charge is 0.488 e. The van der Waals surface area contributed by atoms with Crippen LogP contribution in [0.25, 0.3) is 0 Å². The summed E-state index contributed by atoms with van der Waals surface area (Å²) in [5.41, 5.74) is 2.33. The van der Waals surface area contributed by atoms with Gasteiger partial charge >= 0.3 is 0 Å². The summed E-state index contributed by atoms with van der Waals surface area (Å²) < 4.78 is 6.79. The van der Waals surface area contributed by atoms with Crippen molar-refractivity contribution < 1.29 is 4.74 Å². The number of hydrogen-bond acceptors (Lipinski definition) is 2. The number of ether oxygens (including phenoxy) is 1. The molecule has 0 radical (unpaired) electrons. The second-order valence-corrected chi connectivity index (χ2v) is 5.75. The van der Waals surface area contributed by atoms with Gasteiger partial charge in [0.2, 0.25) is 0 Å². The lowest BCUT2D eigenvalue weighted by Crippen LogP contribution is -2.11. The molecule has 0 aliphatic carbocycles. The molecule has 0 bridgehead atoms. The summed E-state index contributed by atoms with van der Waals surface area (Å²) in [4.78, 5) is 0. The van der Waals surface area contributed by atoms with Gasteiger partial charge in [0.05, 0.1) is 4.47 Å². The number of hydrogen-bond donors (Lipinski definition) is 1. The van der Waals surface area contributed by atoms with Crippen LogP contribution in [-0.4, -0.2) is 6.54 Å². The van der Waals surface area contributed by atoms with Crippen LogP contribution in [0.15, 0.2) is 46.9 Å². The van der Waals surface area contributed by atoms with E-state index in [4.69, 9.17) is 16.3 Å². The maximum absolute atomic E-state index is 5.86. The highest BCUT2D eigenvalue weighted by Crippen LogP contribution is 2.27. The van der Waals surface area contributed by atoms with Crippen molar-refractivity contribution >= 4 is 39.9 Å². The fourth-order valence-electron chi connectivity index (χ4n) is 1.78. The molecule has 0 aliphatic rings. The predicted octanol–water partition coefficient (Wildman–Crippen LogP) is 5.21. The van der Waals surface area contributed by atoms with Crippen LogP contribution >= 0.6 is 39.9 Å². The average molecular weight is 391 g/mol. The van der Waals surface area contributed by atoms with Crippen molar-refractivity contribution in [3.05, 3.63) is 63.1 Å². The topological polar surface area (TPSA) is 21.3 Å². The molecular formula is C16H18BrCl2NO. The molecule has 0 amide bonds. The Hall–Kier alpha value is -0.740. The van der Waals surface area contributed by atoms with Crippen molar-refractivity contribution in [1.82, 2.24) is 5.32 Å². The highest BCUT2D eigenvalue weighted by atomic mass is 79.9. The molecule has 0 spiro atoms. The van der Waals surface area contributed by atoms with Gasteiger partial charge in [-0.25, -0.2) is 0 Å². The van der Waals surface area contributed by atoms with Crippen LogP contribution in [0.2, 0.25) is 5.02 Å². The molecule has 0 heterocycles. The number of benzene rings is 2. The Labute approximate surface area is 145 Å². The zero-order valence-electron chi connectivity index (χ0n) is 11.7. The van der Waals surface area contributed by atoms with Crippen LogP contribution < -0.4 is 10.1 Å². The molecule has 1 N–H and O–H groups in total. The first kappa shape index (κ1) is 18.3. The molecule has 0 aromatic heterocycles. The third kappa shape index (κ3) is 5.87. The smallest absolute Gasteiger partial charge is 0.134 e. The SMILES string of the molecule is CCNCc1ccc(OCc2ccc(Cl)cc2)c(Br)c1.Cl. The third-order valence-corrected chi connectivity index (χ3v) is 3.75. The molecule has 0 fully saturated rings. The summed E-state index contributed by atoms with van der Waals surface area (Å²) in [7, 11) is 0. The standard InChI is InChI=1S/C16H17BrClNO.ClH/c1-2-19-10-13-5-8-16(15(17)9-13)20-11-12-3-6-14(18)7-4-12;/h3-9,19H,2,10-11H2,1H3;1H. The van der Waals surface area contributed by atoms with E-state index in [0.29, 0.717) is 6.61 Å². The van der Waals surface area contributed by atoms with Gasteiger partial charge in [-0.15, -0.1) is 12.4 Å². The molecule has 0 saturated carbocycles. The monoisotopic (exact) mass is 389 g/mol. The molecule has 2 nitrogen and oxygen atoms in total. The molecule has 2 aromatic rings. The summed E-state index contributed by atoms with van der Waals surface area (Å²) in [5, 5.41) is 4.04. The van der Waals surface area contributed by atoms with E-state index in [1.807, 2.05) is 30.3 Å². The lowest BCUT2D eigenvalue weighted by molar-refractivity contribution is 0.304. The number of rotatable bonds is 6. The van der Waals surface area contributed by atoms with Gasteiger partial charge in [0.25, 0.3) is 0 Å². The second kappa shape index (κ2) is 9.31. The fraction of sp³-hybridized carbons (Fsp3) is 0.250. The normalized spacial score (nSPS) is 10.0. The van der Waals surface area contributed by atoms with E-state index < -0.39 is 0 Å². The number of halogens is 3. The second-order valence-electron chi connectivity index (χ2n) is 4.46. The molecule has 5 heteroatoms. The molecule has 0 atom stereocenters. The van der Waals surface area contributed by atoms with Crippen molar-refractivity contribution in [3.8, 4) is 5.75 Å². The lowest BCUT2D eigenvalue weighted by Gasteiger charge is -2.10. The van der Waals surface area contributed by atoms with Gasteiger partial charge in [0.15, 0.2) is 0 Å². The first-order valence-electron chi connectivity index (χ1n) is 6.55. The van der Waals surface area contributed by atoms with Crippen molar-refractivity contribution in [2.45, 2.75) is 20.1 Å². The van der Waals surface area contributed by atoms with Crippen LogP contribution in [0.5, 0.6) is 5.75 Å². The highest BCUT2D eigenvalue weighted by Gasteiger charge is 2.03. The van der Waals surface area contributed by atoms with Crippen molar-refractivity contribution in [1.29, 1.82) is 0 Å². The molecule has 0 aliphatic heterocycles. The Morgan fingerprint density at radius 1 is 1.10 bits per heavy atom. The van der Waals surface area contributed by atoms with Gasteiger partial charge in [0, 0.05) is 11.6 Å². The molecule has 2 aromatic carbocycles. The fourth-order valence-corrected chi connectivity index (χ4v) is 2.45. The molecular weight excluding hydrogens is 373 g/mol. The highest BCUT2D eigenvalue weighted by molar-refractivity contribution is 9.10. The van der Waals surface area contributed by atoms with E-state index in [1.54, 1.807) is 0 Å². The van der Waals surface area contributed by atoms with Gasteiger partial charge < -0.3 is 10.1 Å². The van der Waals surface area contributed by atoms with E-state index >= 15 is 0 Å². The summed E-state index contributed by atoms with van der Waals surface area (Å²) >= 11 is 9.41. The lowest BCUT2D eigenvalue weighted by atomic mass is 10.2. The Kier molecular flexibility index (Phi) is 8.12. The molecule has 2 rings (SSSR count). The first-order valence-corrected chi connectivity index (χ1v) is 7.72. The minimum Gasteiger partial charge on any atom is -0.488 e. The van der Waals surface area contributed by atoms with Crippen LogP contribution in [0.4, 0.5) is 0 Å². The Bertz CT molecular complexity index is 561. The maximum atomic E-state index is 5.86. The van der Waals surface area contributed by atoms with Crippen molar-refractivity contribution in [3.63, 3.8) is 0 Å². The minimum atomic E-state index is 0. The predicted molar refractivity (Wildman–Crippen MR) is 94.6 cm³/mol. The van der Waals surface area contributed by atoms with Gasteiger partial charge in [-0.1, -0.05) is 36.7 Å². The minimum absolute atomic E-state index is 0. The Morgan fingerprint density at radius 2 is 1.76 bits per heavy atom.